The van der Waals surface area contributed by atoms with Crippen LogP contribution in [0.1, 0.15) is 36.8 Å². The number of nitrogens with zero attached hydrogens (tertiary/aromatic N) is 1. The van der Waals surface area contributed by atoms with Gasteiger partial charge in [0.25, 0.3) is 0 Å². The van der Waals surface area contributed by atoms with Crippen LogP contribution in [-0.2, 0) is 6.42 Å². The molecule has 92 valence electrons. The van der Waals surface area contributed by atoms with Crippen LogP contribution < -0.4 is 10.6 Å². The van der Waals surface area contributed by atoms with Crippen LogP contribution in [-0.4, -0.2) is 18.6 Å². The number of nitrogens with two attached hydrogens (primary N) is 1. The van der Waals surface area contributed by atoms with Crippen LogP contribution in [0.15, 0.2) is 18.2 Å². The highest BCUT2D eigenvalue weighted by Gasteiger charge is 2.38. The second-order valence-electron chi connectivity index (χ2n) is 5.87. The van der Waals surface area contributed by atoms with E-state index in [0.29, 0.717) is 0 Å². The van der Waals surface area contributed by atoms with Crippen molar-refractivity contribution in [2.75, 3.05) is 18.0 Å². The van der Waals surface area contributed by atoms with E-state index in [1.807, 2.05) is 0 Å². The first-order chi connectivity index (χ1) is 8.16. The molecule has 1 aliphatic heterocycles. The summed E-state index contributed by atoms with van der Waals surface area (Å²) in [6.07, 6.45) is 6.11. The molecular weight excluding hydrogens is 208 g/mol. The van der Waals surface area contributed by atoms with Gasteiger partial charge in [-0.05, 0) is 50.7 Å². The lowest BCUT2D eigenvalue weighted by atomic mass is 10.00. The van der Waals surface area contributed by atoms with Crippen LogP contribution in [0.4, 0.5) is 5.69 Å². The van der Waals surface area contributed by atoms with Gasteiger partial charge >= 0.3 is 0 Å². The Morgan fingerprint density at radius 2 is 1.94 bits per heavy atom. The van der Waals surface area contributed by atoms with Crippen LogP contribution in [0.3, 0.4) is 0 Å². The van der Waals surface area contributed by atoms with Crippen molar-refractivity contribution in [3.05, 3.63) is 29.3 Å². The van der Waals surface area contributed by atoms with E-state index in [4.69, 9.17) is 5.73 Å². The first kappa shape index (κ1) is 11.1. The molecule has 0 aromatic heterocycles. The highest BCUT2D eigenvalue weighted by molar-refractivity contribution is 5.56. The second kappa shape index (κ2) is 4.02. The van der Waals surface area contributed by atoms with Crippen LogP contribution in [0.5, 0.6) is 0 Å². The standard InChI is InChI=1S/C15H22N2/c1-12-4-5-14(17-8-2-3-9-17)13(10-12)11-15(16)6-7-15/h4-5,10H,2-3,6-9,11,16H2,1H3. The summed E-state index contributed by atoms with van der Waals surface area (Å²) in [6.45, 7) is 4.61. The molecule has 1 aliphatic carbocycles. The third kappa shape index (κ3) is 2.32. The lowest BCUT2D eigenvalue weighted by Gasteiger charge is -2.23. The number of aryl methyl sites for hydroxylation is 1. The minimum atomic E-state index is 0.113. The quantitative estimate of drug-likeness (QED) is 0.865. The first-order valence-electron chi connectivity index (χ1n) is 6.80. The number of anilines is 1. The molecule has 0 atom stereocenters. The minimum Gasteiger partial charge on any atom is -0.371 e. The fraction of sp³-hybridized carbons (Fsp3) is 0.600. The zero-order valence-corrected chi connectivity index (χ0v) is 10.7. The van der Waals surface area contributed by atoms with E-state index in [1.165, 1.54) is 55.6 Å². The highest BCUT2D eigenvalue weighted by atomic mass is 15.1. The molecule has 1 aromatic rings. The SMILES string of the molecule is Cc1ccc(N2CCCC2)c(CC2(N)CC2)c1. The van der Waals surface area contributed by atoms with E-state index < -0.39 is 0 Å². The molecule has 0 radical (unpaired) electrons. The summed E-state index contributed by atoms with van der Waals surface area (Å²) in [7, 11) is 0. The molecule has 2 aliphatic rings. The molecule has 0 spiro atoms. The Morgan fingerprint density at radius 1 is 1.24 bits per heavy atom. The molecule has 2 nitrogen and oxygen atoms in total. The molecule has 1 heterocycles. The average molecular weight is 230 g/mol. The molecular formula is C15H22N2. The van der Waals surface area contributed by atoms with Gasteiger partial charge in [0.15, 0.2) is 0 Å². The van der Waals surface area contributed by atoms with Gasteiger partial charge in [0, 0.05) is 24.3 Å². The van der Waals surface area contributed by atoms with Crippen molar-refractivity contribution in [3.63, 3.8) is 0 Å². The summed E-state index contributed by atoms with van der Waals surface area (Å²) < 4.78 is 0. The van der Waals surface area contributed by atoms with Gasteiger partial charge in [-0.2, -0.15) is 0 Å². The Morgan fingerprint density at radius 3 is 2.59 bits per heavy atom. The second-order valence-corrected chi connectivity index (χ2v) is 5.87. The lowest BCUT2D eigenvalue weighted by molar-refractivity contribution is 0.670. The summed E-state index contributed by atoms with van der Waals surface area (Å²) in [6, 6.07) is 6.86. The van der Waals surface area contributed by atoms with Gasteiger partial charge in [0.05, 0.1) is 0 Å². The molecule has 2 heteroatoms. The van der Waals surface area contributed by atoms with Crippen molar-refractivity contribution in [1.29, 1.82) is 0 Å². The molecule has 1 saturated heterocycles. The van der Waals surface area contributed by atoms with Gasteiger partial charge in [-0.25, -0.2) is 0 Å². The summed E-state index contributed by atoms with van der Waals surface area (Å²) in [5.74, 6) is 0. The van der Waals surface area contributed by atoms with Crippen molar-refractivity contribution >= 4 is 5.69 Å². The van der Waals surface area contributed by atoms with Gasteiger partial charge < -0.3 is 10.6 Å². The normalized spacial score (nSPS) is 21.9. The molecule has 0 bridgehead atoms. The number of hydrogen-bond donors (Lipinski definition) is 1. The predicted octanol–water partition coefficient (Wildman–Crippen LogP) is 2.63. The highest BCUT2D eigenvalue weighted by Crippen LogP contribution is 2.38. The molecule has 3 rings (SSSR count). The Bertz CT molecular complexity index is 415. The Hall–Kier alpha value is -1.02. The van der Waals surface area contributed by atoms with Gasteiger partial charge in [-0.3, -0.25) is 0 Å². The number of benzene rings is 1. The maximum Gasteiger partial charge on any atom is 0.0399 e. The van der Waals surface area contributed by atoms with E-state index in [9.17, 15) is 0 Å². The van der Waals surface area contributed by atoms with Crippen molar-refractivity contribution in [2.24, 2.45) is 5.73 Å². The van der Waals surface area contributed by atoms with Crippen molar-refractivity contribution in [1.82, 2.24) is 0 Å². The van der Waals surface area contributed by atoms with E-state index in [1.54, 1.807) is 0 Å². The Kier molecular flexibility index (Phi) is 2.62. The Labute approximate surface area is 104 Å². The van der Waals surface area contributed by atoms with Crippen LogP contribution >= 0.6 is 0 Å². The van der Waals surface area contributed by atoms with Crippen LogP contribution in [0.25, 0.3) is 0 Å². The molecule has 2 N–H and O–H groups in total. The zero-order chi connectivity index (χ0) is 11.9. The number of rotatable bonds is 3. The first-order valence-corrected chi connectivity index (χ1v) is 6.80. The number of hydrogen-bond acceptors (Lipinski definition) is 2. The topological polar surface area (TPSA) is 29.3 Å². The third-order valence-electron chi connectivity index (χ3n) is 4.12. The van der Waals surface area contributed by atoms with Gasteiger partial charge in [-0.15, -0.1) is 0 Å². The maximum absolute atomic E-state index is 6.28. The molecule has 0 amide bonds. The van der Waals surface area contributed by atoms with E-state index in [2.05, 4.69) is 30.0 Å². The van der Waals surface area contributed by atoms with Crippen LogP contribution in [0.2, 0.25) is 0 Å². The fourth-order valence-corrected chi connectivity index (χ4v) is 2.84. The predicted molar refractivity (Wildman–Crippen MR) is 72.5 cm³/mol. The van der Waals surface area contributed by atoms with Gasteiger partial charge in [0.1, 0.15) is 0 Å². The fourth-order valence-electron chi connectivity index (χ4n) is 2.84. The zero-order valence-electron chi connectivity index (χ0n) is 10.7. The molecule has 1 saturated carbocycles. The summed E-state index contributed by atoms with van der Waals surface area (Å²) in [5, 5.41) is 0. The van der Waals surface area contributed by atoms with E-state index in [0.717, 1.165) is 6.42 Å². The largest absolute Gasteiger partial charge is 0.371 e. The van der Waals surface area contributed by atoms with Gasteiger partial charge in [-0.1, -0.05) is 17.7 Å². The third-order valence-corrected chi connectivity index (χ3v) is 4.12. The lowest BCUT2D eigenvalue weighted by Crippen LogP contribution is -2.27. The van der Waals surface area contributed by atoms with E-state index >= 15 is 0 Å². The van der Waals surface area contributed by atoms with Crippen molar-refractivity contribution in [2.45, 2.75) is 44.6 Å². The van der Waals surface area contributed by atoms with Crippen molar-refractivity contribution in [3.8, 4) is 0 Å². The average Bonchev–Trinajstić information content (AvgIpc) is 2.81. The minimum absolute atomic E-state index is 0.113. The summed E-state index contributed by atoms with van der Waals surface area (Å²) >= 11 is 0. The molecule has 0 unspecified atom stereocenters. The smallest absolute Gasteiger partial charge is 0.0399 e. The summed E-state index contributed by atoms with van der Waals surface area (Å²) in [5.41, 5.74) is 10.6. The molecule has 17 heavy (non-hydrogen) atoms. The van der Waals surface area contributed by atoms with Gasteiger partial charge in [0.2, 0.25) is 0 Å². The Balaban J connectivity index is 1.89. The van der Waals surface area contributed by atoms with E-state index in [-0.39, 0.29) is 5.54 Å². The maximum atomic E-state index is 6.28. The van der Waals surface area contributed by atoms with Crippen molar-refractivity contribution < 1.29 is 0 Å². The monoisotopic (exact) mass is 230 g/mol. The molecule has 2 fully saturated rings. The molecule has 1 aromatic carbocycles. The van der Waals surface area contributed by atoms with Crippen LogP contribution in [0, 0.1) is 6.92 Å². The summed E-state index contributed by atoms with van der Waals surface area (Å²) in [4.78, 5) is 2.53.